The molecule has 0 spiro atoms. The summed E-state index contributed by atoms with van der Waals surface area (Å²) in [6.45, 7) is 3.15. The Hall–Kier alpha value is -0.210. The SMILES string of the molecule is CCn1cc[nH+]c1.[Cl-].[Cl-]. The Morgan fingerprint density at radius 1 is 1.44 bits per heavy atom. The van der Waals surface area contributed by atoms with Crippen molar-refractivity contribution in [1.82, 2.24) is 4.57 Å². The number of aromatic amines is 1. The van der Waals surface area contributed by atoms with E-state index >= 15 is 0 Å². The number of hydrogen-bond donors (Lipinski definition) is 0. The van der Waals surface area contributed by atoms with Gasteiger partial charge in [-0.05, 0) is 6.92 Å². The molecule has 1 N–H and O–H groups in total. The number of aryl methyl sites for hydroxylation is 1. The highest BCUT2D eigenvalue weighted by atomic mass is 35.5. The van der Waals surface area contributed by atoms with Crippen LogP contribution in [0, 0.1) is 0 Å². The van der Waals surface area contributed by atoms with Crippen molar-refractivity contribution in [2.75, 3.05) is 0 Å². The van der Waals surface area contributed by atoms with Gasteiger partial charge < -0.3 is 24.8 Å². The van der Waals surface area contributed by atoms with E-state index in [1.165, 1.54) is 0 Å². The summed E-state index contributed by atoms with van der Waals surface area (Å²) in [5.74, 6) is 0. The van der Waals surface area contributed by atoms with Gasteiger partial charge in [-0.2, -0.15) is 0 Å². The first kappa shape index (κ1) is 11.6. The number of aromatic nitrogens is 2. The van der Waals surface area contributed by atoms with E-state index in [0.717, 1.165) is 6.54 Å². The van der Waals surface area contributed by atoms with Crippen molar-refractivity contribution >= 4 is 0 Å². The zero-order valence-corrected chi connectivity index (χ0v) is 6.65. The largest absolute Gasteiger partial charge is 1.00 e. The summed E-state index contributed by atoms with van der Waals surface area (Å²) in [4.78, 5) is 2.94. The minimum absolute atomic E-state index is 0. The summed E-state index contributed by atoms with van der Waals surface area (Å²) in [5, 5.41) is 0. The van der Waals surface area contributed by atoms with E-state index in [1.807, 2.05) is 18.7 Å². The Morgan fingerprint density at radius 3 is 2.33 bits per heavy atom. The van der Waals surface area contributed by atoms with Crippen LogP contribution in [-0.4, -0.2) is 4.57 Å². The van der Waals surface area contributed by atoms with Crippen LogP contribution in [-0.2, 0) is 6.54 Å². The van der Waals surface area contributed by atoms with Crippen molar-refractivity contribution in [2.45, 2.75) is 13.5 Å². The normalized spacial score (nSPS) is 7.22. The molecular weight excluding hydrogens is 159 g/mol. The lowest BCUT2D eigenvalue weighted by atomic mass is 10.7. The van der Waals surface area contributed by atoms with Crippen LogP contribution in [0.2, 0.25) is 0 Å². The molecule has 0 bridgehead atoms. The first-order valence-corrected chi connectivity index (χ1v) is 2.45. The second-order valence-electron chi connectivity index (χ2n) is 1.44. The van der Waals surface area contributed by atoms with Crippen LogP contribution in [0.1, 0.15) is 6.92 Å². The van der Waals surface area contributed by atoms with Crippen molar-refractivity contribution < 1.29 is 29.8 Å². The van der Waals surface area contributed by atoms with Crippen LogP contribution < -0.4 is 29.8 Å². The minimum Gasteiger partial charge on any atom is -1.00 e. The van der Waals surface area contributed by atoms with Crippen molar-refractivity contribution in [1.29, 1.82) is 0 Å². The van der Waals surface area contributed by atoms with Crippen LogP contribution in [0.5, 0.6) is 0 Å². The first-order chi connectivity index (χ1) is 3.43. The van der Waals surface area contributed by atoms with Gasteiger partial charge in [0.25, 0.3) is 0 Å². The lowest BCUT2D eigenvalue weighted by molar-refractivity contribution is -0.377. The molecule has 9 heavy (non-hydrogen) atoms. The van der Waals surface area contributed by atoms with E-state index in [0.29, 0.717) is 0 Å². The zero-order chi connectivity index (χ0) is 5.11. The molecule has 0 radical (unpaired) electrons. The van der Waals surface area contributed by atoms with Crippen LogP contribution >= 0.6 is 0 Å². The summed E-state index contributed by atoms with van der Waals surface area (Å²) in [6.07, 6.45) is 5.84. The third-order valence-electron chi connectivity index (χ3n) is 0.968. The zero-order valence-electron chi connectivity index (χ0n) is 5.14. The topological polar surface area (TPSA) is 19.1 Å². The lowest BCUT2D eigenvalue weighted by Gasteiger charge is -1.79. The van der Waals surface area contributed by atoms with Crippen molar-refractivity contribution in [2.24, 2.45) is 0 Å². The number of H-pyrrole nitrogens is 1. The summed E-state index contributed by atoms with van der Waals surface area (Å²) in [7, 11) is 0. The van der Waals surface area contributed by atoms with Gasteiger partial charge in [0, 0.05) is 0 Å². The second kappa shape index (κ2) is 5.92. The van der Waals surface area contributed by atoms with Crippen molar-refractivity contribution in [3.63, 3.8) is 0 Å². The van der Waals surface area contributed by atoms with Crippen LogP contribution in [0.4, 0.5) is 0 Å². The van der Waals surface area contributed by atoms with E-state index in [1.54, 1.807) is 0 Å². The van der Waals surface area contributed by atoms with E-state index in [-0.39, 0.29) is 24.8 Å². The van der Waals surface area contributed by atoms with Crippen LogP contribution in [0.25, 0.3) is 0 Å². The summed E-state index contributed by atoms with van der Waals surface area (Å²) in [6, 6.07) is 0. The number of nitrogens with one attached hydrogen (secondary N) is 1. The second-order valence-corrected chi connectivity index (χ2v) is 1.44. The average Bonchev–Trinajstić information content (AvgIpc) is 2.14. The highest BCUT2D eigenvalue weighted by molar-refractivity contribution is 4.62. The fraction of sp³-hybridized carbons (Fsp3) is 0.400. The number of rotatable bonds is 1. The summed E-state index contributed by atoms with van der Waals surface area (Å²) in [5.41, 5.74) is 0. The Labute approximate surface area is 67.1 Å². The van der Waals surface area contributed by atoms with E-state index in [2.05, 4.69) is 16.5 Å². The molecule has 0 unspecified atom stereocenters. The van der Waals surface area contributed by atoms with Gasteiger partial charge >= 0.3 is 0 Å². The molecule has 0 aromatic carbocycles. The Kier molecular flexibility index (Phi) is 7.61. The lowest BCUT2D eigenvalue weighted by Crippen LogP contribution is -3.00. The molecule has 1 rings (SSSR count). The Balaban J connectivity index is 0. The van der Waals surface area contributed by atoms with Gasteiger partial charge in [-0.3, -0.25) is 4.98 Å². The molecule has 0 amide bonds. The van der Waals surface area contributed by atoms with Crippen molar-refractivity contribution in [3.8, 4) is 0 Å². The van der Waals surface area contributed by atoms with Gasteiger partial charge in [0.15, 0.2) is 0 Å². The molecule has 2 nitrogen and oxygen atoms in total. The van der Waals surface area contributed by atoms with E-state index < -0.39 is 0 Å². The predicted molar refractivity (Wildman–Crippen MR) is 26.7 cm³/mol. The minimum atomic E-state index is 0. The number of imidazole rings is 1. The Bertz CT molecular complexity index is 128. The van der Waals surface area contributed by atoms with E-state index in [4.69, 9.17) is 0 Å². The third kappa shape index (κ3) is 3.38. The molecular formula is C5H9Cl2N2-. The van der Waals surface area contributed by atoms with Crippen LogP contribution in [0.3, 0.4) is 0 Å². The molecule has 0 saturated heterocycles. The maximum Gasteiger partial charge on any atom is 0.241 e. The number of halogens is 2. The smallest absolute Gasteiger partial charge is 0.241 e. The Morgan fingerprint density at radius 2 is 2.11 bits per heavy atom. The van der Waals surface area contributed by atoms with Gasteiger partial charge in [-0.25, -0.2) is 4.57 Å². The van der Waals surface area contributed by atoms with Gasteiger partial charge in [0.05, 0.1) is 6.54 Å². The molecule has 0 saturated carbocycles. The maximum absolute atomic E-state index is 2.94. The molecule has 0 aliphatic heterocycles. The molecule has 1 aromatic heterocycles. The molecule has 1 aromatic rings. The summed E-state index contributed by atoms with van der Waals surface area (Å²) < 4.78 is 2.07. The molecule has 0 aliphatic rings. The third-order valence-corrected chi connectivity index (χ3v) is 0.968. The predicted octanol–water partition coefficient (Wildman–Crippen LogP) is -5.67. The molecule has 54 valence electrons. The fourth-order valence-electron chi connectivity index (χ4n) is 0.517. The standard InChI is InChI=1S/C5H8N2.2ClH/c1-2-7-4-3-6-5-7;;/h3-5H,2H2,1H3;2*1H/p-1. The van der Waals surface area contributed by atoms with Crippen LogP contribution in [0.15, 0.2) is 18.7 Å². The van der Waals surface area contributed by atoms with Gasteiger partial charge in [0.2, 0.25) is 6.33 Å². The van der Waals surface area contributed by atoms with Crippen molar-refractivity contribution in [3.05, 3.63) is 18.7 Å². The first-order valence-electron chi connectivity index (χ1n) is 2.45. The summed E-state index contributed by atoms with van der Waals surface area (Å²) >= 11 is 0. The van der Waals surface area contributed by atoms with Gasteiger partial charge in [0.1, 0.15) is 12.4 Å². The fourth-order valence-corrected chi connectivity index (χ4v) is 0.517. The maximum atomic E-state index is 2.94. The number of hydrogen-bond acceptors (Lipinski definition) is 0. The monoisotopic (exact) mass is 167 g/mol. The van der Waals surface area contributed by atoms with Gasteiger partial charge in [-0.15, -0.1) is 0 Å². The highest BCUT2D eigenvalue weighted by Crippen LogP contribution is 1.76. The highest BCUT2D eigenvalue weighted by Gasteiger charge is 1.85. The quantitative estimate of drug-likeness (QED) is 0.398. The molecule has 1 heterocycles. The van der Waals surface area contributed by atoms with E-state index in [9.17, 15) is 0 Å². The molecule has 4 heteroatoms. The molecule has 0 aliphatic carbocycles. The average molecular weight is 168 g/mol. The number of nitrogens with zero attached hydrogens (tertiary/aromatic N) is 1. The molecule has 0 atom stereocenters. The molecule has 0 fully saturated rings. The van der Waals surface area contributed by atoms with Gasteiger partial charge in [-0.1, -0.05) is 0 Å².